The molecule has 3 rings (SSSR count). The molecule has 0 saturated carbocycles. The molecule has 1 aromatic carbocycles. The molecule has 1 atom stereocenters. The fourth-order valence-electron chi connectivity index (χ4n) is 2.91. The topological polar surface area (TPSA) is 30.9 Å². The second-order valence-corrected chi connectivity index (χ2v) is 6.26. The molecule has 1 heterocycles. The van der Waals surface area contributed by atoms with Crippen LogP contribution in [0.5, 0.6) is 0 Å². The van der Waals surface area contributed by atoms with E-state index in [1.54, 1.807) is 0 Å². The normalized spacial score (nSPS) is 18.6. The molecule has 1 aliphatic carbocycles. The maximum Gasteiger partial charge on any atom is 0.0642 e. The van der Waals surface area contributed by atoms with Crippen molar-refractivity contribution in [3.63, 3.8) is 0 Å². The van der Waals surface area contributed by atoms with Gasteiger partial charge in [0.15, 0.2) is 0 Å². The molecule has 0 aliphatic heterocycles. The molecule has 0 saturated heterocycles. The second kappa shape index (κ2) is 5.80. The van der Waals surface area contributed by atoms with Crippen molar-refractivity contribution in [2.24, 2.45) is 5.73 Å². The molecule has 1 aromatic heterocycles. The first-order valence-electron chi connectivity index (χ1n) is 7.02. The Hall–Kier alpha value is -0.960. The molecule has 4 heteroatoms. The molecule has 106 valence electrons. The number of nitrogens with two attached hydrogens (primary N) is 1. The Morgan fingerprint density at radius 3 is 2.90 bits per heavy atom. The van der Waals surface area contributed by atoms with Gasteiger partial charge in [0.2, 0.25) is 0 Å². The summed E-state index contributed by atoms with van der Waals surface area (Å²) in [5.74, 6) is 0. The number of nitrogens with zero attached hydrogens (tertiary/aromatic N) is 1. The van der Waals surface area contributed by atoms with E-state index in [1.165, 1.54) is 24.0 Å². The van der Waals surface area contributed by atoms with Gasteiger partial charge in [-0.15, -0.1) is 0 Å². The van der Waals surface area contributed by atoms with Gasteiger partial charge in [-0.3, -0.25) is 0 Å². The Bertz CT molecular complexity index is 619. The monoisotopic (exact) mass is 308 g/mol. The van der Waals surface area contributed by atoms with Crippen molar-refractivity contribution in [1.82, 2.24) is 4.57 Å². The van der Waals surface area contributed by atoms with Crippen LogP contribution in [-0.4, -0.2) is 4.57 Å². The quantitative estimate of drug-likeness (QED) is 0.809. The Balaban J connectivity index is 1.89. The molecule has 0 amide bonds. The van der Waals surface area contributed by atoms with E-state index in [0.717, 1.165) is 24.9 Å². The molecule has 0 radical (unpaired) electrons. The number of aryl methyl sites for hydroxylation is 1. The largest absolute Gasteiger partial charge is 0.349 e. The molecule has 1 unspecified atom stereocenters. The van der Waals surface area contributed by atoms with Crippen molar-refractivity contribution >= 4 is 23.2 Å². The molecule has 0 fully saturated rings. The first-order valence-corrected chi connectivity index (χ1v) is 7.78. The molecular weight excluding hydrogens is 291 g/mol. The zero-order valence-electron chi connectivity index (χ0n) is 11.3. The number of benzene rings is 1. The van der Waals surface area contributed by atoms with Gasteiger partial charge in [-0.1, -0.05) is 41.8 Å². The van der Waals surface area contributed by atoms with Gasteiger partial charge in [-0.25, -0.2) is 0 Å². The Morgan fingerprint density at radius 2 is 2.05 bits per heavy atom. The van der Waals surface area contributed by atoms with Crippen LogP contribution in [0, 0.1) is 0 Å². The van der Waals surface area contributed by atoms with Gasteiger partial charge >= 0.3 is 0 Å². The lowest BCUT2D eigenvalue weighted by atomic mass is 10.1. The van der Waals surface area contributed by atoms with E-state index >= 15 is 0 Å². The summed E-state index contributed by atoms with van der Waals surface area (Å²) >= 11 is 12.3. The van der Waals surface area contributed by atoms with Crippen LogP contribution in [0.15, 0.2) is 30.6 Å². The van der Waals surface area contributed by atoms with Crippen LogP contribution < -0.4 is 5.73 Å². The molecule has 2 aromatic rings. The molecule has 2 N–H and O–H groups in total. The number of fused-ring (bicyclic) bond motifs is 1. The average molecular weight is 309 g/mol. The van der Waals surface area contributed by atoms with Crippen molar-refractivity contribution in [3.8, 4) is 0 Å². The van der Waals surface area contributed by atoms with E-state index in [0.29, 0.717) is 10.0 Å². The fraction of sp³-hybridized carbons (Fsp3) is 0.375. The van der Waals surface area contributed by atoms with Crippen LogP contribution in [0.2, 0.25) is 10.0 Å². The highest BCUT2D eigenvalue weighted by Gasteiger charge is 2.17. The molecule has 0 spiro atoms. The van der Waals surface area contributed by atoms with Crippen LogP contribution in [0.3, 0.4) is 0 Å². The van der Waals surface area contributed by atoms with Crippen LogP contribution in [0.1, 0.15) is 42.0 Å². The number of rotatable bonds is 2. The number of aromatic nitrogens is 1. The maximum atomic E-state index is 6.25. The van der Waals surface area contributed by atoms with Crippen molar-refractivity contribution in [1.29, 1.82) is 0 Å². The van der Waals surface area contributed by atoms with E-state index in [2.05, 4.69) is 17.0 Å². The first kappa shape index (κ1) is 14.0. The highest BCUT2D eigenvalue weighted by atomic mass is 35.5. The van der Waals surface area contributed by atoms with Crippen molar-refractivity contribution < 1.29 is 0 Å². The number of halogens is 2. The van der Waals surface area contributed by atoms with Gasteiger partial charge in [0.1, 0.15) is 0 Å². The highest BCUT2D eigenvalue weighted by Crippen LogP contribution is 2.30. The predicted octanol–water partition coefficient (Wildman–Crippen LogP) is 4.57. The van der Waals surface area contributed by atoms with E-state index in [-0.39, 0.29) is 6.04 Å². The lowest BCUT2D eigenvalue weighted by Crippen LogP contribution is -2.09. The summed E-state index contributed by atoms with van der Waals surface area (Å²) < 4.78 is 2.17. The van der Waals surface area contributed by atoms with Gasteiger partial charge in [-0.05, 0) is 42.0 Å². The average Bonchev–Trinajstić information content (AvgIpc) is 2.75. The lowest BCUT2D eigenvalue weighted by molar-refractivity contribution is 0.610. The second-order valence-electron chi connectivity index (χ2n) is 5.48. The third-order valence-corrected chi connectivity index (χ3v) is 4.85. The molecule has 1 aliphatic rings. The first-order chi connectivity index (χ1) is 9.65. The van der Waals surface area contributed by atoms with Gasteiger partial charge in [0.25, 0.3) is 0 Å². The van der Waals surface area contributed by atoms with E-state index in [1.807, 2.05) is 18.2 Å². The molecule has 2 nitrogen and oxygen atoms in total. The fourth-order valence-corrected chi connectivity index (χ4v) is 3.29. The summed E-state index contributed by atoms with van der Waals surface area (Å²) in [7, 11) is 0. The van der Waals surface area contributed by atoms with Gasteiger partial charge in [-0.2, -0.15) is 0 Å². The van der Waals surface area contributed by atoms with E-state index in [4.69, 9.17) is 28.9 Å². The minimum Gasteiger partial charge on any atom is -0.349 e. The van der Waals surface area contributed by atoms with Crippen LogP contribution in [-0.2, 0) is 13.0 Å². The van der Waals surface area contributed by atoms with E-state index in [9.17, 15) is 0 Å². The van der Waals surface area contributed by atoms with Gasteiger partial charge < -0.3 is 10.3 Å². The summed E-state index contributed by atoms with van der Waals surface area (Å²) in [6.45, 7) is 0.735. The summed E-state index contributed by atoms with van der Waals surface area (Å²) in [4.78, 5) is 0. The minimum atomic E-state index is 0.170. The van der Waals surface area contributed by atoms with Gasteiger partial charge in [0, 0.05) is 25.0 Å². The SMILES string of the molecule is NC1CCCCc2cn(Cc3cccc(Cl)c3Cl)cc21. The van der Waals surface area contributed by atoms with Crippen LogP contribution in [0.25, 0.3) is 0 Å². The predicted molar refractivity (Wildman–Crippen MR) is 84.5 cm³/mol. The van der Waals surface area contributed by atoms with E-state index < -0.39 is 0 Å². The molecule has 0 bridgehead atoms. The standard InChI is InChI=1S/C16H18Cl2N2/c17-14-6-3-5-12(16(14)18)9-20-8-11-4-1-2-7-15(19)13(11)10-20/h3,5-6,8,10,15H,1-2,4,7,9,19H2. The third-order valence-electron chi connectivity index (χ3n) is 3.99. The van der Waals surface area contributed by atoms with Crippen molar-refractivity contribution in [2.75, 3.05) is 0 Å². The summed E-state index contributed by atoms with van der Waals surface area (Å²) in [5, 5.41) is 1.25. The Morgan fingerprint density at radius 1 is 1.20 bits per heavy atom. The summed E-state index contributed by atoms with van der Waals surface area (Å²) in [5.41, 5.74) is 9.96. The zero-order chi connectivity index (χ0) is 14.1. The third kappa shape index (κ3) is 2.73. The van der Waals surface area contributed by atoms with Crippen LogP contribution >= 0.6 is 23.2 Å². The van der Waals surface area contributed by atoms with Gasteiger partial charge in [0.05, 0.1) is 10.0 Å². The lowest BCUT2D eigenvalue weighted by Gasteiger charge is -2.09. The number of hydrogen-bond donors (Lipinski definition) is 1. The molecular formula is C16H18Cl2N2. The zero-order valence-corrected chi connectivity index (χ0v) is 12.8. The highest BCUT2D eigenvalue weighted by molar-refractivity contribution is 6.42. The Labute approximate surface area is 129 Å². The number of hydrogen-bond acceptors (Lipinski definition) is 1. The summed E-state index contributed by atoms with van der Waals surface area (Å²) in [6, 6.07) is 5.93. The van der Waals surface area contributed by atoms with Crippen molar-refractivity contribution in [3.05, 3.63) is 57.3 Å². The maximum absolute atomic E-state index is 6.25. The minimum absolute atomic E-state index is 0.170. The van der Waals surface area contributed by atoms with Crippen LogP contribution in [0.4, 0.5) is 0 Å². The Kier molecular flexibility index (Phi) is 4.06. The smallest absolute Gasteiger partial charge is 0.0642 e. The van der Waals surface area contributed by atoms with Crippen molar-refractivity contribution in [2.45, 2.75) is 38.3 Å². The molecule has 20 heavy (non-hydrogen) atoms. The summed E-state index contributed by atoms with van der Waals surface area (Å²) in [6.07, 6.45) is 9.02.